The van der Waals surface area contributed by atoms with E-state index in [0.29, 0.717) is 23.7 Å². The van der Waals surface area contributed by atoms with Gasteiger partial charge in [0.2, 0.25) is 5.88 Å². The highest BCUT2D eigenvalue weighted by molar-refractivity contribution is 5.96. The molecule has 1 aromatic carbocycles. The van der Waals surface area contributed by atoms with E-state index >= 15 is 0 Å². The fraction of sp³-hybridized carbons (Fsp3) is 0.214. The van der Waals surface area contributed by atoms with Crippen molar-refractivity contribution < 1.29 is 9.47 Å². The maximum atomic E-state index is 7.51. The van der Waals surface area contributed by atoms with E-state index in [0.717, 1.165) is 6.42 Å². The fourth-order valence-electron chi connectivity index (χ4n) is 1.57. The van der Waals surface area contributed by atoms with Crippen LogP contribution in [0, 0.1) is 5.41 Å². The summed E-state index contributed by atoms with van der Waals surface area (Å²) in [7, 11) is 0. The van der Waals surface area contributed by atoms with E-state index in [2.05, 4.69) is 10.2 Å². The van der Waals surface area contributed by atoms with Crippen molar-refractivity contribution in [2.24, 2.45) is 5.73 Å². The minimum atomic E-state index is -0.123. The summed E-state index contributed by atoms with van der Waals surface area (Å²) in [5.74, 6) is 1.20. The maximum absolute atomic E-state index is 7.51. The number of amidine groups is 1. The zero-order valence-corrected chi connectivity index (χ0v) is 11.2. The number of rotatable bonds is 6. The zero-order valence-electron chi connectivity index (χ0n) is 11.2. The molecule has 0 aliphatic carbocycles. The van der Waals surface area contributed by atoms with E-state index in [9.17, 15) is 0 Å². The van der Waals surface area contributed by atoms with E-state index in [1.54, 1.807) is 12.1 Å². The molecule has 0 aliphatic rings. The van der Waals surface area contributed by atoms with Crippen LogP contribution in [-0.4, -0.2) is 22.6 Å². The maximum Gasteiger partial charge on any atom is 0.250 e. The van der Waals surface area contributed by atoms with Crippen molar-refractivity contribution in [1.29, 1.82) is 5.41 Å². The number of benzene rings is 1. The van der Waals surface area contributed by atoms with Crippen molar-refractivity contribution in [2.45, 2.75) is 13.3 Å². The lowest BCUT2D eigenvalue weighted by Crippen LogP contribution is -2.13. The molecular weight excluding hydrogens is 256 g/mol. The molecule has 2 rings (SSSR count). The largest absolute Gasteiger partial charge is 0.490 e. The van der Waals surface area contributed by atoms with Crippen LogP contribution in [0.15, 0.2) is 36.5 Å². The van der Waals surface area contributed by atoms with Crippen LogP contribution >= 0.6 is 0 Å². The molecule has 0 aliphatic heterocycles. The second-order valence-electron chi connectivity index (χ2n) is 4.06. The normalized spacial score (nSPS) is 10.1. The zero-order chi connectivity index (χ0) is 14.4. The van der Waals surface area contributed by atoms with Crippen LogP contribution in [0.5, 0.6) is 17.4 Å². The van der Waals surface area contributed by atoms with Gasteiger partial charge >= 0.3 is 0 Å². The molecule has 1 aromatic heterocycles. The first-order valence-electron chi connectivity index (χ1n) is 6.28. The first-order valence-corrected chi connectivity index (χ1v) is 6.28. The molecule has 6 nitrogen and oxygen atoms in total. The lowest BCUT2D eigenvalue weighted by Gasteiger charge is -2.12. The van der Waals surface area contributed by atoms with Crippen LogP contribution in [0.2, 0.25) is 0 Å². The predicted molar refractivity (Wildman–Crippen MR) is 75.4 cm³/mol. The highest BCUT2D eigenvalue weighted by Crippen LogP contribution is 2.31. The second-order valence-corrected chi connectivity index (χ2v) is 4.06. The molecule has 1 heterocycles. The van der Waals surface area contributed by atoms with E-state index in [4.69, 9.17) is 20.6 Å². The molecular formula is C14H16N4O2. The predicted octanol–water partition coefficient (Wildman–Crippen LogP) is 2.34. The number of ether oxygens (including phenoxy) is 2. The quantitative estimate of drug-likeness (QED) is 0.621. The van der Waals surface area contributed by atoms with Gasteiger partial charge in [-0.05, 0) is 24.6 Å². The van der Waals surface area contributed by atoms with Crippen molar-refractivity contribution in [1.82, 2.24) is 10.2 Å². The monoisotopic (exact) mass is 272 g/mol. The Morgan fingerprint density at radius 2 is 2.00 bits per heavy atom. The Balaban J connectivity index is 2.28. The Labute approximate surface area is 117 Å². The highest BCUT2D eigenvalue weighted by atomic mass is 16.5. The number of hydrogen-bond acceptors (Lipinski definition) is 5. The second kappa shape index (κ2) is 6.51. The topological polar surface area (TPSA) is 94.1 Å². The average molecular weight is 272 g/mol. The molecule has 3 N–H and O–H groups in total. The molecule has 6 heteroatoms. The lowest BCUT2D eigenvalue weighted by molar-refractivity contribution is 0.300. The van der Waals surface area contributed by atoms with Crippen LogP contribution in [0.4, 0.5) is 0 Å². The van der Waals surface area contributed by atoms with Gasteiger partial charge in [-0.3, -0.25) is 5.41 Å². The standard InChI is InChI=1S/C14H16N4O2/c1-2-9-19-11-5-3-4-6-12(11)20-14-10(13(15)16)7-8-17-18-14/h3-8H,2,9H2,1H3,(H3,15,16). The molecule has 0 spiro atoms. The Morgan fingerprint density at radius 1 is 1.25 bits per heavy atom. The number of para-hydroxylation sites is 2. The van der Waals surface area contributed by atoms with Crippen molar-refractivity contribution in [3.63, 3.8) is 0 Å². The third kappa shape index (κ3) is 3.23. The van der Waals surface area contributed by atoms with E-state index in [1.807, 2.05) is 25.1 Å². The van der Waals surface area contributed by atoms with Gasteiger partial charge in [0.25, 0.3) is 0 Å². The summed E-state index contributed by atoms with van der Waals surface area (Å²) < 4.78 is 11.3. The number of nitrogens with one attached hydrogen (secondary N) is 1. The minimum absolute atomic E-state index is 0.123. The Morgan fingerprint density at radius 3 is 2.70 bits per heavy atom. The van der Waals surface area contributed by atoms with Crippen molar-refractivity contribution in [3.8, 4) is 17.4 Å². The number of hydrogen-bond donors (Lipinski definition) is 2. The molecule has 0 radical (unpaired) electrons. The van der Waals surface area contributed by atoms with Gasteiger partial charge in [0, 0.05) is 0 Å². The summed E-state index contributed by atoms with van der Waals surface area (Å²) in [4.78, 5) is 0. The number of nitrogens with zero attached hydrogens (tertiary/aromatic N) is 2. The fourth-order valence-corrected chi connectivity index (χ4v) is 1.57. The molecule has 0 fully saturated rings. The van der Waals surface area contributed by atoms with Gasteiger partial charge in [0.1, 0.15) is 5.84 Å². The molecule has 2 aromatic rings. The molecule has 0 saturated heterocycles. The van der Waals surface area contributed by atoms with Crippen LogP contribution in [0.1, 0.15) is 18.9 Å². The van der Waals surface area contributed by atoms with Gasteiger partial charge < -0.3 is 15.2 Å². The van der Waals surface area contributed by atoms with Gasteiger partial charge in [-0.2, -0.15) is 5.10 Å². The van der Waals surface area contributed by atoms with Gasteiger partial charge in [-0.1, -0.05) is 19.1 Å². The van der Waals surface area contributed by atoms with Crippen LogP contribution in [0.25, 0.3) is 0 Å². The molecule has 0 atom stereocenters. The summed E-state index contributed by atoms with van der Waals surface area (Å²) in [6, 6.07) is 8.86. The number of aromatic nitrogens is 2. The summed E-state index contributed by atoms with van der Waals surface area (Å²) in [5, 5.41) is 15.1. The average Bonchev–Trinajstić information content (AvgIpc) is 2.47. The number of nitrogen functional groups attached to an aromatic ring is 1. The molecule has 0 amide bonds. The first kappa shape index (κ1) is 13.8. The van der Waals surface area contributed by atoms with Crippen LogP contribution in [0.3, 0.4) is 0 Å². The summed E-state index contributed by atoms with van der Waals surface area (Å²) in [6.07, 6.45) is 2.36. The van der Waals surface area contributed by atoms with Crippen LogP contribution < -0.4 is 15.2 Å². The van der Waals surface area contributed by atoms with Crippen molar-refractivity contribution >= 4 is 5.84 Å². The highest BCUT2D eigenvalue weighted by Gasteiger charge is 2.12. The third-order valence-corrected chi connectivity index (χ3v) is 2.49. The van der Waals surface area contributed by atoms with Gasteiger partial charge in [-0.15, -0.1) is 5.10 Å². The number of nitrogens with two attached hydrogens (primary N) is 1. The van der Waals surface area contributed by atoms with Crippen LogP contribution in [-0.2, 0) is 0 Å². The molecule has 0 unspecified atom stereocenters. The Bertz CT molecular complexity index is 601. The SMILES string of the molecule is CCCOc1ccccc1Oc1nnccc1C(=N)N. The Kier molecular flexibility index (Phi) is 4.49. The summed E-state index contributed by atoms with van der Waals surface area (Å²) >= 11 is 0. The molecule has 104 valence electrons. The molecule has 0 bridgehead atoms. The molecule has 0 saturated carbocycles. The van der Waals surface area contributed by atoms with Gasteiger partial charge in [0.15, 0.2) is 11.5 Å². The smallest absolute Gasteiger partial charge is 0.250 e. The summed E-state index contributed by atoms with van der Waals surface area (Å²) in [6.45, 7) is 2.63. The van der Waals surface area contributed by atoms with E-state index < -0.39 is 0 Å². The van der Waals surface area contributed by atoms with Crippen molar-refractivity contribution in [2.75, 3.05) is 6.61 Å². The first-order chi connectivity index (χ1) is 9.72. The molecule has 20 heavy (non-hydrogen) atoms. The Hall–Kier alpha value is -2.63. The van der Waals surface area contributed by atoms with Gasteiger partial charge in [-0.25, -0.2) is 0 Å². The third-order valence-electron chi connectivity index (χ3n) is 2.49. The summed E-state index contributed by atoms with van der Waals surface area (Å²) in [5.41, 5.74) is 5.88. The lowest BCUT2D eigenvalue weighted by atomic mass is 10.2. The minimum Gasteiger partial charge on any atom is -0.490 e. The van der Waals surface area contributed by atoms with Gasteiger partial charge in [0.05, 0.1) is 18.4 Å². The van der Waals surface area contributed by atoms with Crippen molar-refractivity contribution in [3.05, 3.63) is 42.1 Å². The van der Waals surface area contributed by atoms with E-state index in [1.165, 1.54) is 6.20 Å². The van der Waals surface area contributed by atoms with E-state index in [-0.39, 0.29) is 11.7 Å².